The summed E-state index contributed by atoms with van der Waals surface area (Å²) in [6.45, 7) is 6.78. The van der Waals surface area contributed by atoms with Gasteiger partial charge < -0.3 is 5.32 Å². The van der Waals surface area contributed by atoms with Crippen molar-refractivity contribution in [2.24, 2.45) is 11.8 Å². The van der Waals surface area contributed by atoms with Crippen molar-refractivity contribution < 1.29 is 4.79 Å². The fraction of sp³-hybridized carbons (Fsp3) is 0.579. The minimum Gasteiger partial charge on any atom is -0.354 e. The zero-order chi connectivity index (χ0) is 18.1. The molecular weight excluding hydrogens is 328 g/mol. The van der Waals surface area contributed by atoms with E-state index in [1.807, 2.05) is 42.9 Å². The Hall–Kier alpha value is -2.28. The van der Waals surface area contributed by atoms with E-state index in [-0.39, 0.29) is 17.9 Å². The number of carbonyl (C=O) groups is 1. The number of piperidine rings is 3. The first-order valence-electron chi connectivity index (χ1n) is 9.46. The molecule has 0 saturated carbocycles. The maximum absolute atomic E-state index is 12.5. The molecule has 0 spiro atoms. The molecule has 2 aromatic rings. The summed E-state index contributed by atoms with van der Waals surface area (Å²) in [6.07, 6.45) is 5.90. The summed E-state index contributed by atoms with van der Waals surface area (Å²) in [5.41, 5.74) is 1.64. The van der Waals surface area contributed by atoms with Crippen LogP contribution in [0.2, 0.25) is 0 Å². The van der Waals surface area contributed by atoms with E-state index in [0.29, 0.717) is 12.0 Å². The van der Waals surface area contributed by atoms with Crippen molar-refractivity contribution in [3.63, 3.8) is 0 Å². The van der Waals surface area contributed by atoms with Crippen molar-refractivity contribution in [3.05, 3.63) is 30.6 Å². The predicted molar refractivity (Wildman–Crippen MR) is 98.1 cm³/mol. The monoisotopic (exact) mass is 354 g/mol. The summed E-state index contributed by atoms with van der Waals surface area (Å²) < 4.78 is 1.92. The third-order valence-electron chi connectivity index (χ3n) is 5.51. The van der Waals surface area contributed by atoms with Gasteiger partial charge in [0, 0.05) is 24.8 Å². The quantitative estimate of drug-likeness (QED) is 0.882. The molecule has 26 heavy (non-hydrogen) atoms. The smallest absolute Gasteiger partial charge is 0.224 e. The molecule has 4 atom stereocenters. The molecule has 3 aliphatic heterocycles. The Morgan fingerprint density at radius 2 is 2.23 bits per heavy atom. The highest BCUT2D eigenvalue weighted by atomic mass is 16.2. The molecule has 3 saturated heterocycles. The van der Waals surface area contributed by atoms with Crippen LogP contribution >= 0.6 is 0 Å². The number of carbonyl (C=O) groups excluding carboxylic acids is 1. The fourth-order valence-corrected chi connectivity index (χ4v) is 4.25. The van der Waals surface area contributed by atoms with Gasteiger partial charge in [-0.05, 0) is 51.3 Å². The van der Waals surface area contributed by atoms with Gasteiger partial charge in [-0.15, -0.1) is 5.10 Å². The molecule has 7 heteroatoms. The molecule has 0 aliphatic carbocycles. The van der Waals surface area contributed by atoms with Crippen LogP contribution in [0.3, 0.4) is 0 Å². The highest BCUT2D eigenvalue weighted by Gasteiger charge is 2.43. The third-order valence-corrected chi connectivity index (χ3v) is 5.51. The summed E-state index contributed by atoms with van der Waals surface area (Å²) in [5, 5.41) is 11.6. The summed E-state index contributed by atoms with van der Waals surface area (Å²) >= 11 is 0. The molecule has 5 heterocycles. The van der Waals surface area contributed by atoms with Crippen molar-refractivity contribution >= 4 is 5.91 Å². The zero-order valence-corrected chi connectivity index (χ0v) is 15.4. The second-order valence-corrected chi connectivity index (χ2v) is 7.74. The normalized spacial score (nSPS) is 27.7. The van der Waals surface area contributed by atoms with Gasteiger partial charge in [0.15, 0.2) is 0 Å². The second-order valence-electron chi connectivity index (χ2n) is 7.74. The van der Waals surface area contributed by atoms with Crippen LogP contribution in [0.15, 0.2) is 30.6 Å². The predicted octanol–water partition coefficient (Wildman–Crippen LogP) is 1.58. The van der Waals surface area contributed by atoms with Crippen molar-refractivity contribution in [2.75, 3.05) is 13.1 Å². The molecular formula is C19H26N6O. The van der Waals surface area contributed by atoms with E-state index in [9.17, 15) is 4.79 Å². The fourth-order valence-electron chi connectivity index (χ4n) is 4.25. The van der Waals surface area contributed by atoms with E-state index >= 15 is 0 Å². The van der Waals surface area contributed by atoms with E-state index in [1.165, 1.54) is 0 Å². The van der Waals surface area contributed by atoms with Crippen LogP contribution in [0.1, 0.15) is 26.7 Å². The number of pyridine rings is 1. The first-order valence-corrected chi connectivity index (χ1v) is 9.46. The SMILES string of the molecule is CC(C)NC(=O)[C@H]1CN2CC[C@@H]1C[C@@H]2Cn1cc(-c2ccccn2)nn1. The Bertz CT molecular complexity index is 758. The molecule has 0 radical (unpaired) electrons. The number of nitrogens with one attached hydrogen (secondary N) is 1. The van der Waals surface area contributed by atoms with Crippen molar-refractivity contribution in [3.8, 4) is 11.4 Å². The van der Waals surface area contributed by atoms with Crippen molar-refractivity contribution in [1.29, 1.82) is 0 Å². The topological polar surface area (TPSA) is 75.9 Å². The van der Waals surface area contributed by atoms with Crippen LogP contribution < -0.4 is 5.32 Å². The molecule has 1 amide bonds. The lowest BCUT2D eigenvalue weighted by atomic mass is 9.75. The van der Waals surface area contributed by atoms with Crippen LogP contribution in [0.4, 0.5) is 0 Å². The van der Waals surface area contributed by atoms with E-state index in [0.717, 1.165) is 43.9 Å². The number of nitrogens with zero attached hydrogens (tertiary/aromatic N) is 5. The minimum absolute atomic E-state index is 0.127. The summed E-state index contributed by atoms with van der Waals surface area (Å²) in [5.74, 6) is 0.816. The van der Waals surface area contributed by atoms with Gasteiger partial charge in [0.05, 0.1) is 24.4 Å². The number of amides is 1. The second kappa shape index (κ2) is 7.15. The van der Waals surface area contributed by atoms with E-state index in [2.05, 4.69) is 25.5 Å². The zero-order valence-electron chi connectivity index (χ0n) is 15.4. The van der Waals surface area contributed by atoms with E-state index < -0.39 is 0 Å². The largest absolute Gasteiger partial charge is 0.354 e. The van der Waals surface area contributed by atoms with Gasteiger partial charge in [-0.2, -0.15) is 0 Å². The summed E-state index contributed by atoms with van der Waals surface area (Å²) in [6, 6.07) is 6.42. The molecule has 5 rings (SSSR count). The van der Waals surface area contributed by atoms with Gasteiger partial charge in [0.25, 0.3) is 0 Å². The molecule has 1 N–H and O–H groups in total. The minimum atomic E-state index is 0.127. The molecule has 0 aromatic carbocycles. The van der Waals surface area contributed by atoms with Gasteiger partial charge in [-0.3, -0.25) is 19.4 Å². The van der Waals surface area contributed by atoms with Gasteiger partial charge >= 0.3 is 0 Å². The Labute approximate surface area is 153 Å². The molecule has 2 aromatic heterocycles. The Balaban J connectivity index is 1.40. The van der Waals surface area contributed by atoms with Crippen LogP contribution in [0.25, 0.3) is 11.4 Å². The number of rotatable bonds is 5. The van der Waals surface area contributed by atoms with E-state index in [1.54, 1.807) is 6.20 Å². The number of hydrogen-bond donors (Lipinski definition) is 1. The van der Waals surface area contributed by atoms with Gasteiger partial charge in [0.2, 0.25) is 5.91 Å². The molecule has 138 valence electrons. The summed E-state index contributed by atoms with van der Waals surface area (Å²) in [4.78, 5) is 19.2. The molecule has 3 fully saturated rings. The Morgan fingerprint density at radius 1 is 1.35 bits per heavy atom. The molecule has 1 unspecified atom stereocenters. The molecule has 3 aliphatic rings. The van der Waals surface area contributed by atoms with Crippen molar-refractivity contribution in [1.82, 2.24) is 30.2 Å². The Morgan fingerprint density at radius 3 is 2.92 bits per heavy atom. The van der Waals surface area contributed by atoms with Gasteiger partial charge in [-0.1, -0.05) is 11.3 Å². The lowest BCUT2D eigenvalue weighted by molar-refractivity contribution is -0.133. The molecule has 2 bridgehead atoms. The van der Waals surface area contributed by atoms with E-state index in [4.69, 9.17) is 0 Å². The number of hydrogen-bond acceptors (Lipinski definition) is 5. The van der Waals surface area contributed by atoms with Gasteiger partial charge in [-0.25, -0.2) is 0 Å². The van der Waals surface area contributed by atoms with Crippen LogP contribution in [-0.4, -0.2) is 56.0 Å². The lowest BCUT2D eigenvalue weighted by Gasteiger charge is -2.49. The van der Waals surface area contributed by atoms with Crippen LogP contribution in [0, 0.1) is 11.8 Å². The number of fused-ring (bicyclic) bond motifs is 3. The third kappa shape index (κ3) is 3.49. The number of aromatic nitrogens is 4. The maximum Gasteiger partial charge on any atom is 0.224 e. The highest BCUT2D eigenvalue weighted by molar-refractivity contribution is 5.79. The van der Waals surface area contributed by atoms with Gasteiger partial charge in [0.1, 0.15) is 5.69 Å². The van der Waals surface area contributed by atoms with Crippen LogP contribution in [-0.2, 0) is 11.3 Å². The lowest BCUT2D eigenvalue weighted by Crippen LogP contribution is -2.58. The average Bonchev–Trinajstić information content (AvgIpc) is 3.11. The van der Waals surface area contributed by atoms with Crippen LogP contribution in [0.5, 0.6) is 0 Å². The summed E-state index contributed by atoms with van der Waals surface area (Å²) in [7, 11) is 0. The first-order chi connectivity index (χ1) is 12.6. The Kier molecular flexibility index (Phi) is 4.72. The highest BCUT2D eigenvalue weighted by Crippen LogP contribution is 2.37. The maximum atomic E-state index is 12.5. The first kappa shape index (κ1) is 17.1. The standard InChI is InChI=1S/C19H26N6O/c1-13(2)21-19(26)16-11-24-8-6-14(16)9-15(24)10-25-12-18(22-23-25)17-5-3-4-7-20-17/h3-5,7,12-16H,6,8-11H2,1-2H3,(H,21,26)/t14-,15-,16+/m1/s1. The van der Waals surface area contributed by atoms with Crippen molar-refractivity contribution in [2.45, 2.75) is 45.3 Å². The molecule has 7 nitrogen and oxygen atoms in total. The average molecular weight is 354 g/mol.